The molecule has 1 aliphatic heterocycles. The van der Waals surface area contributed by atoms with Gasteiger partial charge in [-0.3, -0.25) is 10.1 Å². The lowest BCUT2D eigenvalue weighted by molar-refractivity contribution is -0.130. The van der Waals surface area contributed by atoms with Crippen molar-refractivity contribution in [2.75, 3.05) is 19.8 Å². The van der Waals surface area contributed by atoms with E-state index in [4.69, 9.17) is 4.74 Å². The first-order chi connectivity index (χ1) is 10.2. The zero-order valence-electron chi connectivity index (χ0n) is 13.3. The first-order valence-corrected chi connectivity index (χ1v) is 7.88. The van der Waals surface area contributed by atoms with Gasteiger partial charge in [0.1, 0.15) is 6.17 Å². The van der Waals surface area contributed by atoms with Gasteiger partial charge in [-0.1, -0.05) is 31.2 Å². The van der Waals surface area contributed by atoms with Crippen LogP contribution in [0.3, 0.4) is 0 Å². The molecule has 0 radical (unpaired) electrons. The fourth-order valence-corrected chi connectivity index (χ4v) is 2.84. The first-order valence-electron chi connectivity index (χ1n) is 7.88. The average molecular weight is 290 g/mol. The molecule has 1 aromatic rings. The molecule has 21 heavy (non-hydrogen) atoms. The molecule has 0 bridgehead atoms. The molecule has 4 heteroatoms. The van der Waals surface area contributed by atoms with Gasteiger partial charge in [-0.2, -0.15) is 0 Å². The topological polar surface area (TPSA) is 41.6 Å². The number of nitrogens with one attached hydrogen (secondary N) is 1. The molecule has 0 aromatic heterocycles. The molecular weight excluding hydrogens is 264 g/mol. The highest BCUT2D eigenvalue weighted by Crippen LogP contribution is 2.28. The van der Waals surface area contributed by atoms with Crippen molar-refractivity contribution in [2.24, 2.45) is 0 Å². The Morgan fingerprint density at radius 3 is 2.71 bits per heavy atom. The summed E-state index contributed by atoms with van der Waals surface area (Å²) in [4.78, 5) is 14.5. The quantitative estimate of drug-likeness (QED) is 0.785. The number of nitrogens with zero attached hydrogens (tertiary/aromatic N) is 1. The number of hydrogen-bond donors (Lipinski definition) is 1. The van der Waals surface area contributed by atoms with E-state index in [2.05, 4.69) is 24.4 Å². The predicted octanol–water partition coefficient (Wildman–Crippen LogP) is 2.63. The van der Waals surface area contributed by atoms with Crippen molar-refractivity contribution in [1.82, 2.24) is 10.2 Å². The summed E-state index contributed by atoms with van der Waals surface area (Å²) in [6, 6.07) is 8.20. The lowest BCUT2D eigenvalue weighted by atomic mass is 10.1. The lowest BCUT2D eigenvalue weighted by Gasteiger charge is -2.25. The zero-order chi connectivity index (χ0) is 15.2. The number of amides is 1. The molecule has 1 aliphatic rings. The first kappa shape index (κ1) is 16.0. The Kier molecular flexibility index (Phi) is 5.76. The van der Waals surface area contributed by atoms with E-state index >= 15 is 0 Å². The van der Waals surface area contributed by atoms with Crippen LogP contribution in [0, 0.1) is 6.92 Å². The van der Waals surface area contributed by atoms with Gasteiger partial charge in [0.2, 0.25) is 5.91 Å². The lowest BCUT2D eigenvalue weighted by Crippen LogP contribution is -2.32. The van der Waals surface area contributed by atoms with E-state index in [1.54, 1.807) is 0 Å². The summed E-state index contributed by atoms with van der Waals surface area (Å²) in [5, 5.41) is 3.47. The van der Waals surface area contributed by atoms with Crippen molar-refractivity contribution in [3.63, 3.8) is 0 Å². The summed E-state index contributed by atoms with van der Waals surface area (Å²) in [5.41, 5.74) is 2.41. The van der Waals surface area contributed by atoms with Gasteiger partial charge in [0.05, 0.1) is 6.04 Å². The number of hydrogen-bond acceptors (Lipinski definition) is 3. The van der Waals surface area contributed by atoms with Crippen LogP contribution in [-0.2, 0) is 9.53 Å². The normalized spacial score (nSPS) is 22.0. The van der Waals surface area contributed by atoms with Crippen LogP contribution in [0.4, 0.5) is 0 Å². The van der Waals surface area contributed by atoms with E-state index in [1.807, 2.05) is 30.9 Å². The fourth-order valence-electron chi connectivity index (χ4n) is 2.84. The van der Waals surface area contributed by atoms with Crippen LogP contribution < -0.4 is 5.32 Å². The van der Waals surface area contributed by atoms with Crippen LogP contribution in [0.1, 0.15) is 44.0 Å². The van der Waals surface area contributed by atoms with E-state index in [9.17, 15) is 4.79 Å². The van der Waals surface area contributed by atoms with Gasteiger partial charge in [-0.25, -0.2) is 0 Å². The summed E-state index contributed by atoms with van der Waals surface area (Å²) >= 11 is 0. The summed E-state index contributed by atoms with van der Waals surface area (Å²) in [6.07, 6.45) is 1.69. The minimum absolute atomic E-state index is 0.00900. The summed E-state index contributed by atoms with van der Waals surface area (Å²) < 4.78 is 5.39. The summed E-state index contributed by atoms with van der Waals surface area (Å²) in [5.74, 6) is 0.210. The van der Waals surface area contributed by atoms with Gasteiger partial charge in [0.25, 0.3) is 0 Å². The number of benzene rings is 1. The van der Waals surface area contributed by atoms with Crippen molar-refractivity contribution in [1.29, 1.82) is 0 Å². The maximum Gasteiger partial charge on any atom is 0.241 e. The smallest absolute Gasteiger partial charge is 0.241 e. The van der Waals surface area contributed by atoms with Gasteiger partial charge >= 0.3 is 0 Å². The van der Waals surface area contributed by atoms with Crippen LogP contribution in [0.15, 0.2) is 24.3 Å². The molecule has 1 aromatic carbocycles. The molecule has 0 spiro atoms. The number of carbonyl (C=O) groups excluding carboxylic acids is 1. The summed E-state index contributed by atoms with van der Waals surface area (Å²) in [6.45, 7) is 8.31. The van der Waals surface area contributed by atoms with Crippen molar-refractivity contribution >= 4 is 5.91 Å². The highest BCUT2D eigenvalue weighted by Gasteiger charge is 2.38. The van der Waals surface area contributed by atoms with Gasteiger partial charge in [0.15, 0.2) is 0 Å². The second-order valence-corrected chi connectivity index (χ2v) is 5.47. The molecule has 2 rings (SSSR count). The third-order valence-corrected chi connectivity index (χ3v) is 4.04. The van der Waals surface area contributed by atoms with E-state index < -0.39 is 0 Å². The highest BCUT2D eigenvalue weighted by molar-refractivity contribution is 5.84. The molecule has 0 saturated carbocycles. The van der Waals surface area contributed by atoms with Crippen LogP contribution >= 0.6 is 0 Å². The Morgan fingerprint density at radius 1 is 1.29 bits per heavy atom. The number of aryl methyl sites for hydroxylation is 1. The fraction of sp³-hybridized carbons (Fsp3) is 0.588. The molecule has 1 amide bonds. The van der Waals surface area contributed by atoms with Crippen molar-refractivity contribution in [3.8, 4) is 0 Å². The molecule has 0 aliphatic carbocycles. The molecule has 2 unspecified atom stereocenters. The van der Waals surface area contributed by atoms with E-state index in [0.717, 1.165) is 26.0 Å². The van der Waals surface area contributed by atoms with Crippen LogP contribution in [0.25, 0.3) is 0 Å². The standard InChI is InChI=1S/C17H26N2O2/c1-4-15-17(20)19(11-8-12-21-5-2)16(18-15)14-10-7-6-9-13(14)3/h6-7,9-10,15-16,18H,4-5,8,11-12H2,1-3H3. The second-order valence-electron chi connectivity index (χ2n) is 5.47. The van der Waals surface area contributed by atoms with Crippen LogP contribution in [0.5, 0.6) is 0 Å². The second kappa shape index (κ2) is 7.57. The number of ether oxygens (including phenoxy) is 1. The highest BCUT2D eigenvalue weighted by atomic mass is 16.5. The molecule has 1 heterocycles. The molecule has 1 fully saturated rings. The van der Waals surface area contributed by atoms with Gasteiger partial charge in [0, 0.05) is 19.8 Å². The van der Waals surface area contributed by atoms with E-state index in [-0.39, 0.29) is 18.1 Å². The largest absolute Gasteiger partial charge is 0.382 e. The average Bonchev–Trinajstić information content (AvgIpc) is 2.80. The third kappa shape index (κ3) is 3.63. The van der Waals surface area contributed by atoms with Gasteiger partial charge in [-0.05, 0) is 37.8 Å². The zero-order valence-corrected chi connectivity index (χ0v) is 13.3. The minimum atomic E-state index is -0.0679. The van der Waals surface area contributed by atoms with Crippen molar-refractivity contribution in [2.45, 2.75) is 45.8 Å². The number of rotatable bonds is 7. The monoisotopic (exact) mass is 290 g/mol. The molecule has 4 nitrogen and oxygen atoms in total. The van der Waals surface area contributed by atoms with E-state index in [1.165, 1.54) is 11.1 Å². The SMILES string of the molecule is CCOCCCN1C(=O)C(CC)NC1c1ccccc1C. The Labute approximate surface area is 127 Å². The Hall–Kier alpha value is -1.39. The summed E-state index contributed by atoms with van der Waals surface area (Å²) in [7, 11) is 0. The van der Waals surface area contributed by atoms with E-state index in [0.29, 0.717) is 6.61 Å². The van der Waals surface area contributed by atoms with Gasteiger partial charge < -0.3 is 9.64 Å². The third-order valence-electron chi connectivity index (χ3n) is 4.04. The van der Waals surface area contributed by atoms with Crippen molar-refractivity contribution < 1.29 is 9.53 Å². The Morgan fingerprint density at radius 2 is 2.05 bits per heavy atom. The Balaban J connectivity index is 2.13. The van der Waals surface area contributed by atoms with Crippen molar-refractivity contribution in [3.05, 3.63) is 35.4 Å². The molecule has 2 atom stereocenters. The molecular formula is C17H26N2O2. The van der Waals surface area contributed by atoms with Crippen LogP contribution in [-0.4, -0.2) is 36.6 Å². The Bertz CT molecular complexity index is 476. The van der Waals surface area contributed by atoms with Crippen LogP contribution in [0.2, 0.25) is 0 Å². The minimum Gasteiger partial charge on any atom is -0.382 e. The predicted molar refractivity (Wildman–Crippen MR) is 84.0 cm³/mol. The maximum absolute atomic E-state index is 12.5. The molecule has 1 N–H and O–H groups in total. The maximum atomic E-state index is 12.5. The molecule has 116 valence electrons. The van der Waals surface area contributed by atoms with Gasteiger partial charge in [-0.15, -0.1) is 0 Å². The molecule has 1 saturated heterocycles. The number of carbonyl (C=O) groups is 1.